The van der Waals surface area contributed by atoms with E-state index in [-0.39, 0.29) is 16.9 Å². The molecule has 0 aromatic heterocycles. The molecule has 1 saturated heterocycles. The molecule has 1 fully saturated rings. The summed E-state index contributed by atoms with van der Waals surface area (Å²) in [7, 11) is -3.53. The summed E-state index contributed by atoms with van der Waals surface area (Å²) in [5, 5.41) is 9.07. The van der Waals surface area contributed by atoms with E-state index in [1.54, 1.807) is 12.1 Å². The molecular weight excluding hydrogens is 278 g/mol. The maximum absolute atomic E-state index is 12.3. The highest BCUT2D eigenvalue weighted by molar-refractivity contribution is 7.89. The molecule has 1 aliphatic heterocycles. The number of hydrogen-bond acceptors (Lipinski definition) is 4. The molecule has 1 aliphatic rings. The van der Waals surface area contributed by atoms with Crippen LogP contribution >= 0.6 is 0 Å². The summed E-state index contributed by atoms with van der Waals surface area (Å²) < 4.78 is 32.5. The molecule has 0 spiro atoms. The molecule has 2 N–H and O–H groups in total. The van der Waals surface area contributed by atoms with Crippen LogP contribution < -0.4 is 4.72 Å². The Balaban J connectivity index is 2.06. The second-order valence-electron chi connectivity index (χ2n) is 5.55. The highest BCUT2D eigenvalue weighted by Gasteiger charge is 2.29. The van der Waals surface area contributed by atoms with Gasteiger partial charge in [0.15, 0.2) is 0 Å². The van der Waals surface area contributed by atoms with Gasteiger partial charge < -0.3 is 9.84 Å². The summed E-state index contributed by atoms with van der Waals surface area (Å²) in [6.45, 7) is 3.67. The van der Waals surface area contributed by atoms with Crippen molar-refractivity contribution in [2.75, 3.05) is 19.8 Å². The van der Waals surface area contributed by atoms with Crippen LogP contribution in [0.2, 0.25) is 0 Å². The lowest BCUT2D eigenvalue weighted by atomic mass is 9.83. The van der Waals surface area contributed by atoms with Crippen LogP contribution in [0.4, 0.5) is 0 Å². The first-order valence-corrected chi connectivity index (χ1v) is 8.21. The van der Waals surface area contributed by atoms with Crippen LogP contribution in [-0.2, 0) is 21.4 Å². The van der Waals surface area contributed by atoms with Crippen molar-refractivity contribution in [3.8, 4) is 0 Å². The Kier molecular flexibility index (Phi) is 4.80. The maximum atomic E-state index is 12.3. The van der Waals surface area contributed by atoms with Gasteiger partial charge in [0, 0.05) is 19.8 Å². The van der Waals surface area contributed by atoms with Crippen molar-refractivity contribution in [1.29, 1.82) is 0 Å². The number of aliphatic hydroxyl groups excluding tert-OH is 1. The van der Waals surface area contributed by atoms with Gasteiger partial charge in [-0.15, -0.1) is 0 Å². The van der Waals surface area contributed by atoms with Gasteiger partial charge in [-0.05, 0) is 36.0 Å². The van der Waals surface area contributed by atoms with Gasteiger partial charge in [0.25, 0.3) is 0 Å². The van der Waals surface area contributed by atoms with Gasteiger partial charge in [0.2, 0.25) is 10.0 Å². The van der Waals surface area contributed by atoms with E-state index in [1.807, 2.05) is 0 Å². The van der Waals surface area contributed by atoms with Crippen molar-refractivity contribution in [1.82, 2.24) is 4.72 Å². The fourth-order valence-electron chi connectivity index (χ4n) is 2.20. The van der Waals surface area contributed by atoms with Gasteiger partial charge in [0.1, 0.15) is 0 Å². The predicted molar refractivity (Wildman–Crippen MR) is 75.7 cm³/mol. The molecule has 5 nitrogen and oxygen atoms in total. The van der Waals surface area contributed by atoms with Crippen LogP contribution in [0.15, 0.2) is 29.2 Å². The number of sulfonamides is 1. The van der Waals surface area contributed by atoms with Crippen LogP contribution in [0.25, 0.3) is 0 Å². The van der Waals surface area contributed by atoms with Gasteiger partial charge >= 0.3 is 0 Å². The average Bonchev–Trinajstić information content (AvgIpc) is 2.46. The first-order chi connectivity index (χ1) is 9.45. The van der Waals surface area contributed by atoms with Crippen LogP contribution in [0.1, 0.15) is 25.3 Å². The van der Waals surface area contributed by atoms with Crippen molar-refractivity contribution in [2.45, 2.75) is 31.3 Å². The average molecular weight is 299 g/mol. The molecule has 0 amide bonds. The second kappa shape index (κ2) is 6.22. The van der Waals surface area contributed by atoms with Gasteiger partial charge in [-0.2, -0.15) is 0 Å². The van der Waals surface area contributed by atoms with Gasteiger partial charge in [-0.3, -0.25) is 0 Å². The zero-order chi connectivity index (χ0) is 14.6. The molecular formula is C14H21NO4S. The molecule has 20 heavy (non-hydrogen) atoms. The highest BCUT2D eigenvalue weighted by atomic mass is 32.2. The van der Waals surface area contributed by atoms with Crippen LogP contribution in [0.3, 0.4) is 0 Å². The maximum Gasteiger partial charge on any atom is 0.240 e. The monoisotopic (exact) mass is 299 g/mol. The topological polar surface area (TPSA) is 75.6 Å². The van der Waals surface area contributed by atoms with Crippen molar-refractivity contribution in [2.24, 2.45) is 5.41 Å². The first kappa shape index (κ1) is 15.4. The fourth-order valence-corrected chi connectivity index (χ4v) is 3.47. The number of benzene rings is 1. The van der Waals surface area contributed by atoms with E-state index in [2.05, 4.69) is 11.6 Å². The van der Waals surface area contributed by atoms with Crippen molar-refractivity contribution in [3.05, 3.63) is 29.8 Å². The summed E-state index contributed by atoms with van der Waals surface area (Å²) in [6, 6.07) is 6.36. The normalized spacial score (nSPS) is 18.9. The van der Waals surface area contributed by atoms with E-state index in [9.17, 15) is 8.42 Å². The van der Waals surface area contributed by atoms with Gasteiger partial charge in [-0.1, -0.05) is 19.1 Å². The van der Waals surface area contributed by atoms with Crippen molar-refractivity contribution >= 4 is 10.0 Å². The number of nitrogens with one attached hydrogen (secondary N) is 1. The highest BCUT2D eigenvalue weighted by Crippen LogP contribution is 2.29. The lowest BCUT2D eigenvalue weighted by Crippen LogP contribution is -2.39. The second-order valence-corrected chi connectivity index (χ2v) is 7.32. The zero-order valence-electron chi connectivity index (χ0n) is 11.6. The zero-order valence-corrected chi connectivity index (χ0v) is 12.4. The number of hydrogen-bond donors (Lipinski definition) is 2. The third kappa shape index (κ3) is 3.79. The summed E-state index contributed by atoms with van der Waals surface area (Å²) in [6.07, 6.45) is 1.71. The van der Waals surface area contributed by atoms with Crippen LogP contribution in [-0.4, -0.2) is 33.3 Å². The van der Waals surface area contributed by atoms with E-state index in [4.69, 9.17) is 9.84 Å². The number of aliphatic hydroxyl groups is 1. The molecule has 0 bridgehead atoms. The molecule has 0 atom stereocenters. The Hall–Kier alpha value is -0.950. The number of rotatable bonds is 5. The van der Waals surface area contributed by atoms with Crippen LogP contribution in [0.5, 0.6) is 0 Å². The minimum atomic E-state index is -3.53. The first-order valence-electron chi connectivity index (χ1n) is 6.72. The minimum absolute atomic E-state index is 0.0556. The summed E-state index contributed by atoms with van der Waals surface area (Å²) in [5.41, 5.74) is 0.532. The van der Waals surface area contributed by atoms with E-state index < -0.39 is 10.0 Å². The molecule has 112 valence electrons. The SMILES string of the molecule is CC1(CNS(=O)(=O)c2cccc(CO)c2)CCOCC1. The van der Waals surface area contributed by atoms with Gasteiger partial charge in [-0.25, -0.2) is 13.1 Å². The smallest absolute Gasteiger partial charge is 0.240 e. The Morgan fingerprint density at radius 2 is 2.05 bits per heavy atom. The molecule has 1 heterocycles. The molecule has 0 radical (unpaired) electrons. The third-order valence-electron chi connectivity index (χ3n) is 3.78. The quantitative estimate of drug-likeness (QED) is 0.858. The van der Waals surface area contributed by atoms with E-state index >= 15 is 0 Å². The van der Waals surface area contributed by atoms with Crippen molar-refractivity contribution < 1.29 is 18.3 Å². The molecule has 0 aliphatic carbocycles. The van der Waals surface area contributed by atoms with Crippen molar-refractivity contribution in [3.63, 3.8) is 0 Å². The molecule has 0 saturated carbocycles. The Morgan fingerprint density at radius 3 is 2.70 bits per heavy atom. The van der Waals surface area contributed by atoms with E-state index in [1.165, 1.54) is 12.1 Å². The number of ether oxygens (including phenoxy) is 1. The third-order valence-corrected chi connectivity index (χ3v) is 5.18. The van der Waals surface area contributed by atoms with Gasteiger partial charge in [0.05, 0.1) is 11.5 Å². The Labute approximate surface area is 120 Å². The predicted octanol–water partition coefficient (Wildman–Crippen LogP) is 1.27. The molecule has 2 rings (SSSR count). The van der Waals surface area contributed by atoms with E-state index in [0.717, 1.165) is 12.8 Å². The standard InChI is InChI=1S/C14H21NO4S/c1-14(5-7-19-8-6-14)11-15-20(17,18)13-4-2-3-12(9-13)10-16/h2-4,9,15-16H,5-8,10-11H2,1H3. The molecule has 0 unspecified atom stereocenters. The molecule has 6 heteroatoms. The largest absolute Gasteiger partial charge is 0.392 e. The Morgan fingerprint density at radius 1 is 1.35 bits per heavy atom. The molecule has 1 aromatic rings. The Bertz CT molecular complexity index is 550. The summed E-state index contributed by atoms with van der Waals surface area (Å²) in [5.74, 6) is 0. The summed E-state index contributed by atoms with van der Waals surface area (Å²) >= 11 is 0. The van der Waals surface area contributed by atoms with Crippen LogP contribution in [0, 0.1) is 5.41 Å². The fraction of sp³-hybridized carbons (Fsp3) is 0.571. The minimum Gasteiger partial charge on any atom is -0.392 e. The van der Waals surface area contributed by atoms with E-state index in [0.29, 0.717) is 25.3 Å². The molecule has 1 aromatic carbocycles. The summed E-state index contributed by atoms with van der Waals surface area (Å²) in [4.78, 5) is 0.194. The lowest BCUT2D eigenvalue weighted by Gasteiger charge is -2.33. The lowest BCUT2D eigenvalue weighted by molar-refractivity contribution is 0.0264.